The lowest BCUT2D eigenvalue weighted by Gasteiger charge is -1.96. The molecule has 0 bridgehead atoms. The third-order valence-corrected chi connectivity index (χ3v) is 2.86. The Kier molecular flexibility index (Phi) is 1.37. The summed E-state index contributed by atoms with van der Waals surface area (Å²) in [5.41, 5.74) is 7.01. The maximum atomic E-state index is 5.90. The summed E-state index contributed by atoms with van der Waals surface area (Å²) < 4.78 is 5.16. The van der Waals surface area contributed by atoms with E-state index in [-0.39, 0.29) is 11.5 Å². The molecule has 66 valence electrons. The van der Waals surface area contributed by atoms with Gasteiger partial charge in [0.25, 0.3) is 0 Å². The summed E-state index contributed by atoms with van der Waals surface area (Å²) in [6.07, 6.45) is 0. The monoisotopic (exact) mass is 166 g/mol. The van der Waals surface area contributed by atoms with E-state index >= 15 is 0 Å². The Morgan fingerprint density at radius 1 is 1.58 bits per heavy atom. The Bertz CT molecular complexity index is 303. The fraction of sp³-hybridized carbons (Fsp3) is 0.667. The maximum Gasteiger partial charge on any atom is 0.142 e. The Morgan fingerprint density at radius 2 is 2.17 bits per heavy atom. The van der Waals surface area contributed by atoms with E-state index in [4.69, 9.17) is 10.3 Å². The average molecular weight is 166 g/mol. The van der Waals surface area contributed by atoms with Crippen molar-refractivity contribution in [3.63, 3.8) is 0 Å². The first kappa shape index (κ1) is 7.80. The maximum absolute atomic E-state index is 5.90. The molecule has 0 saturated heterocycles. The van der Waals surface area contributed by atoms with Crippen LogP contribution in [0.25, 0.3) is 0 Å². The Hall–Kier alpha value is -0.830. The summed E-state index contributed by atoms with van der Waals surface area (Å²) in [7, 11) is 0. The van der Waals surface area contributed by atoms with Crippen LogP contribution in [0.15, 0.2) is 10.6 Å². The first-order valence-electron chi connectivity index (χ1n) is 4.22. The zero-order chi connectivity index (χ0) is 8.93. The van der Waals surface area contributed by atoms with E-state index in [2.05, 4.69) is 19.0 Å². The van der Waals surface area contributed by atoms with E-state index in [0.29, 0.717) is 5.92 Å². The largest absolute Gasteiger partial charge is 0.361 e. The fourth-order valence-electron chi connectivity index (χ4n) is 1.75. The van der Waals surface area contributed by atoms with Gasteiger partial charge in [0.2, 0.25) is 0 Å². The van der Waals surface area contributed by atoms with E-state index in [1.807, 2.05) is 13.0 Å². The van der Waals surface area contributed by atoms with Crippen molar-refractivity contribution in [3.8, 4) is 0 Å². The number of aryl methyl sites for hydroxylation is 1. The highest BCUT2D eigenvalue weighted by molar-refractivity contribution is 5.27. The molecule has 1 aromatic heterocycles. The van der Waals surface area contributed by atoms with Gasteiger partial charge in [0.15, 0.2) is 0 Å². The van der Waals surface area contributed by atoms with Crippen molar-refractivity contribution in [2.24, 2.45) is 11.1 Å². The van der Waals surface area contributed by atoms with Crippen LogP contribution < -0.4 is 5.73 Å². The zero-order valence-electron chi connectivity index (χ0n) is 7.66. The van der Waals surface area contributed by atoms with Crippen molar-refractivity contribution in [1.29, 1.82) is 0 Å². The molecule has 0 spiro atoms. The summed E-state index contributed by atoms with van der Waals surface area (Å²) in [6.45, 7) is 6.23. The van der Waals surface area contributed by atoms with Crippen LogP contribution in [-0.2, 0) is 0 Å². The molecule has 1 saturated carbocycles. The van der Waals surface area contributed by atoms with Crippen molar-refractivity contribution in [1.82, 2.24) is 5.16 Å². The van der Waals surface area contributed by atoms with Crippen LogP contribution in [0, 0.1) is 12.3 Å². The summed E-state index contributed by atoms with van der Waals surface area (Å²) in [5, 5.41) is 3.85. The Labute approximate surface area is 71.9 Å². The second kappa shape index (κ2) is 2.10. The Balaban J connectivity index is 2.24. The van der Waals surface area contributed by atoms with Crippen LogP contribution in [-0.4, -0.2) is 11.2 Å². The van der Waals surface area contributed by atoms with Crippen molar-refractivity contribution in [3.05, 3.63) is 17.5 Å². The van der Waals surface area contributed by atoms with Crippen molar-refractivity contribution >= 4 is 0 Å². The van der Waals surface area contributed by atoms with Gasteiger partial charge in [0.1, 0.15) is 5.76 Å². The van der Waals surface area contributed by atoms with E-state index in [1.54, 1.807) is 0 Å². The van der Waals surface area contributed by atoms with Gasteiger partial charge in [-0.2, -0.15) is 0 Å². The minimum atomic E-state index is 0.186. The second-order valence-corrected chi connectivity index (χ2v) is 4.20. The number of hydrogen-bond acceptors (Lipinski definition) is 3. The predicted octanol–water partition coefficient (Wildman–Crippen LogP) is 1.43. The second-order valence-electron chi connectivity index (χ2n) is 4.20. The minimum Gasteiger partial charge on any atom is -0.361 e. The van der Waals surface area contributed by atoms with Gasteiger partial charge in [-0.05, 0) is 12.3 Å². The third-order valence-electron chi connectivity index (χ3n) is 2.86. The lowest BCUT2D eigenvalue weighted by Crippen LogP contribution is -2.06. The summed E-state index contributed by atoms with van der Waals surface area (Å²) in [6, 6.07) is 2.20. The topological polar surface area (TPSA) is 52.0 Å². The molecular weight excluding hydrogens is 152 g/mol. The number of nitrogens with two attached hydrogens (primary N) is 1. The highest BCUT2D eigenvalue weighted by atomic mass is 16.5. The molecule has 2 N–H and O–H groups in total. The van der Waals surface area contributed by atoms with E-state index in [1.165, 1.54) is 0 Å². The van der Waals surface area contributed by atoms with E-state index in [0.717, 1.165) is 11.5 Å². The van der Waals surface area contributed by atoms with Crippen LogP contribution in [0.5, 0.6) is 0 Å². The molecule has 1 aromatic rings. The van der Waals surface area contributed by atoms with Gasteiger partial charge in [-0.1, -0.05) is 19.0 Å². The highest BCUT2D eigenvalue weighted by Gasteiger charge is 2.58. The molecular formula is C9H14N2O. The molecule has 12 heavy (non-hydrogen) atoms. The molecule has 3 nitrogen and oxygen atoms in total. The molecule has 0 radical (unpaired) electrons. The summed E-state index contributed by atoms with van der Waals surface area (Å²) >= 11 is 0. The van der Waals surface area contributed by atoms with Crippen molar-refractivity contribution < 1.29 is 4.52 Å². The van der Waals surface area contributed by atoms with Gasteiger partial charge in [0, 0.05) is 18.0 Å². The standard InChI is InChI=1S/C9H14N2O/c1-5-4-6(12-11-5)7-8(10)9(7,2)3/h4,7-8H,10H2,1-3H3. The summed E-state index contributed by atoms with van der Waals surface area (Å²) in [5.74, 6) is 1.30. The molecule has 2 rings (SSSR count). The first-order chi connectivity index (χ1) is 5.53. The molecule has 2 atom stereocenters. The van der Waals surface area contributed by atoms with Gasteiger partial charge in [-0.15, -0.1) is 0 Å². The lowest BCUT2D eigenvalue weighted by molar-refractivity contribution is 0.370. The van der Waals surface area contributed by atoms with Crippen LogP contribution in [0.3, 0.4) is 0 Å². The van der Waals surface area contributed by atoms with Gasteiger partial charge in [0.05, 0.1) is 5.69 Å². The number of hydrogen-bond donors (Lipinski definition) is 1. The lowest BCUT2D eigenvalue weighted by atomic mass is 10.1. The predicted molar refractivity (Wildman–Crippen MR) is 45.7 cm³/mol. The number of nitrogens with zero attached hydrogens (tertiary/aromatic N) is 1. The van der Waals surface area contributed by atoms with Crippen LogP contribution in [0.1, 0.15) is 31.2 Å². The molecule has 1 fully saturated rings. The number of aromatic nitrogens is 1. The Morgan fingerprint density at radius 3 is 2.50 bits per heavy atom. The van der Waals surface area contributed by atoms with E-state index < -0.39 is 0 Å². The van der Waals surface area contributed by atoms with Crippen molar-refractivity contribution in [2.45, 2.75) is 32.7 Å². The molecule has 2 unspecified atom stereocenters. The fourth-order valence-corrected chi connectivity index (χ4v) is 1.75. The molecule has 1 heterocycles. The van der Waals surface area contributed by atoms with Crippen LogP contribution >= 0.6 is 0 Å². The van der Waals surface area contributed by atoms with Gasteiger partial charge in [-0.3, -0.25) is 0 Å². The van der Waals surface area contributed by atoms with Gasteiger partial charge >= 0.3 is 0 Å². The van der Waals surface area contributed by atoms with Gasteiger partial charge < -0.3 is 10.3 Å². The van der Waals surface area contributed by atoms with E-state index in [9.17, 15) is 0 Å². The SMILES string of the molecule is Cc1cc(C2C(N)C2(C)C)on1. The van der Waals surface area contributed by atoms with Crippen molar-refractivity contribution in [2.75, 3.05) is 0 Å². The third kappa shape index (κ3) is 0.894. The highest BCUT2D eigenvalue weighted by Crippen LogP contribution is 2.57. The minimum absolute atomic E-state index is 0.186. The van der Waals surface area contributed by atoms with Gasteiger partial charge in [-0.25, -0.2) is 0 Å². The molecule has 1 aliphatic rings. The normalized spacial score (nSPS) is 32.0. The molecule has 0 aromatic carbocycles. The molecule has 3 heteroatoms. The average Bonchev–Trinajstić information content (AvgIpc) is 2.38. The quantitative estimate of drug-likeness (QED) is 0.686. The van der Waals surface area contributed by atoms with Crippen LogP contribution in [0.2, 0.25) is 0 Å². The molecule has 0 amide bonds. The number of rotatable bonds is 1. The summed E-state index contributed by atoms with van der Waals surface area (Å²) in [4.78, 5) is 0. The molecule has 0 aliphatic heterocycles. The zero-order valence-corrected chi connectivity index (χ0v) is 7.66. The smallest absolute Gasteiger partial charge is 0.142 e. The first-order valence-corrected chi connectivity index (χ1v) is 4.22. The molecule has 1 aliphatic carbocycles. The van der Waals surface area contributed by atoms with Crippen LogP contribution in [0.4, 0.5) is 0 Å².